The van der Waals surface area contributed by atoms with Crippen LogP contribution in [0.25, 0.3) is 0 Å². The van der Waals surface area contributed by atoms with Gasteiger partial charge in [-0.15, -0.1) is 0 Å². The molecule has 1 N–H and O–H groups in total. The molecule has 1 saturated carbocycles. The molecule has 2 rings (SSSR count). The van der Waals surface area contributed by atoms with Crippen molar-refractivity contribution in [3.05, 3.63) is 0 Å². The molecule has 1 saturated heterocycles. The molecule has 3 atom stereocenters. The van der Waals surface area contributed by atoms with E-state index in [-0.39, 0.29) is 0 Å². The van der Waals surface area contributed by atoms with E-state index in [4.69, 9.17) is 0 Å². The van der Waals surface area contributed by atoms with Gasteiger partial charge in [-0.25, -0.2) is 0 Å². The summed E-state index contributed by atoms with van der Waals surface area (Å²) in [6, 6.07) is 2.23. The number of rotatable bonds is 4. The lowest BCUT2D eigenvalue weighted by molar-refractivity contribution is 0.0384. The monoisotopic (exact) mass is 266 g/mol. The van der Waals surface area contributed by atoms with Gasteiger partial charge in [-0.05, 0) is 38.0 Å². The first-order valence-corrected chi connectivity index (χ1v) is 8.62. The van der Waals surface area contributed by atoms with Crippen LogP contribution in [0.5, 0.6) is 0 Å². The summed E-state index contributed by atoms with van der Waals surface area (Å²) in [7, 11) is 0. The molecule has 2 nitrogen and oxygen atoms in total. The highest BCUT2D eigenvalue weighted by Crippen LogP contribution is 2.31. The van der Waals surface area contributed by atoms with E-state index in [2.05, 4.69) is 37.9 Å². The summed E-state index contributed by atoms with van der Waals surface area (Å²) >= 11 is 0. The van der Waals surface area contributed by atoms with Gasteiger partial charge in [-0.2, -0.15) is 0 Å². The van der Waals surface area contributed by atoms with Crippen LogP contribution in [0, 0.1) is 11.8 Å². The predicted octanol–water partition coefficient (Wildman–Crippen LogP) is 3.66. The molecule has 1 heterocycles. The molecule has 19 heavy (non-hydrogen) atoms. The first-order chi connectivity index (χ1) is 9.13. The quantitative estimate of drug-likeness (QED) is 0.835. The van der Waals surface area contributed by atoms with Gasteiger partial charge in [-0.1, -0.05) is 40.0 Å². The second kappa shape index (κ2) is 7.08. The molecule has 0 radical (unpaired) electrons. The largest absolute Gasteiger partial charge is 0.311 e. The number of nitrogens with one attached hydrogen (secondary N) is 1. The maximum Gasteiger partial charge on any atom is 0.0221 e. The van der Waals surface area contributed by atoms with Crippen LogP contribution in [0.15, 0.2) is 0 Å². The Morgan fingerprint density at radius 3 is 2.37 bits per heavy atom. The van der Waals surface area contributed by atoms with Crippen molar-refractivity contribution < 1.29 is 0 Å². The van der Waals surface area contributed by atoms with Crippen molar-refractivity contribution in [2.75, 3.05) is 13.1 Å². The van der Waals surface area contributed by atoms with E-state index in [1.165, 1.54) is 51.6 Å². The standard InChI is InChI=1S/C17H34N2/c1-5-16-11-18-17(13(2)3)12-19(16)14(4)15-9-7-6-8-10-15/h13-18H,5-12H2,1-4H3. The van der Waals surface area contributed by atoms with E-state index in [0.29, 0.717) is 6.04 Å². The third kappa shape index (κ3) is 3.72. The van der Waals surface area contributed by atoms with E-state index in [1.807, 2.05) is 0 Å². The smallest absolute Gasteiger partial charge is 0.0221 e. The summed E-state index contributed by atoms with van der Waals surface area (Å²) in [5.74, 6) is 1.70. The SMILES string of the molecule is CCC1CNC(C(C)C)CN1C(C)C1CCCCC1. The maximum absolute atomic E-state index is 3.77. The molecule has 0 spiro atoms. The molecule has 0 aromatic carbocycles. The molecule has 0 amide bonds. The van der Waals surface area contributed by atoms with Crippen molar-refractivity contribution in [1.29, 1.82) is 0 Å². The zero-order valence-electron chi connectivity index (χ0n) is 13.5. The van der Waals surface area contributed by atoms with Crippen LogP contribution in [0.3, 0.4) is 0 Å². The van der Waals surface area contributed by atoms with Crippen molar-refractivity contribution in [1.82, 2.24) is 10.2 Å². The lowest BCUT2D eigenvalue weighted by Gasteiger charge is -2.47. The summed E-state index contributed by atoms with van der Waals surface area (Å²) in [5, 5.41) is 3.77. The summed E-state index contributed by atoms with van der Waals surface area (Å²) in [6.45, 7) is 12.0. The van der Waals surface area contributed by atoms with Gasteiger partial charge < -0.3 is 5.32 Å². The van der Waals surface area contributed by atoms with E-state index in [9.17, 15) is 0 Å². The first-order valence-electron chi connectivity index (χ1n) is 8.62. The highest BCUT2D eigenvalue weighted by molar-refractivity contribution is 4.91. The number of hydrogen-bond donors (Lipinski definition) is 1. The summed E-state index contributed by atoms with van der Waals surface area (Å²) < 4.78 is 0. The van der Waals surface area contributed by atoms with Crippen LogP contribution >= 0.6 is 0 Å². The van der Waals surface area contributed by atoms with Crippen LogP contribution in [0.4, 0.5) is 0 Å². The van der Waals surface area contributed by atoms with Gasteiger partial charge in [0.05, 0.1) is 0 Å². The minimum Gasteiger partial charge on any atom is -0.311 e. The molecule has 2 aliphatic rings. The summed E-state index contributed by atoms with van der Waals surface area (Å²) in [6.07, 6.45) is 8.62. The van der Waals surface area contributed by atoms with Crippen LogP contribution in [-0.4, -0.2) is 36.1 Å². The molecule has 2 heteroatoms. The second-order valence-corrected chi connectivity index (χ2v) is 7.16. The fraction of sp³-hybridized carbons (Fsp3) is 1.00. The van der Waals surface area contributed by atoms with E-state index in [0.717, 1.165) is 23.9 Å². The fourth-order valence-electron chi connectivity index (χ4n) is 4.06. The third-order valence-electron chi connectivity index (χ3n) is 5.62. The second-order valence-electron chi connectivity index (χ2n) is 7.16. The zero-order valence-corrected chi connectivity index (χ0v) is 13.5. The van der Waals surface area contributed by atoms with Gasteiger partial charge in [0.2, 0.25) is 0 Å². The van der Waals surface area contributed by atoms with Crippen molar-refractivity contribution in [2.24, 2.45) is 11.8 Å². The highest BCUT2D eigenvalue weighted by atomic mass is 15.3. The minimum absolute atomic E-state index is 0.689. The lowest BCUT2D eigenvalue weighted by Crippen LogP contribution is -2.61. The van der Waals surface area contributed by atoms with Crippen LogP contribution in [0.1, 0.15) is 66.2 Å². The van der Waals surface area contributed by atoms with Crippen molar-refractivity contribution >= 4 is 0 Å². The van der Waals surface area contributed by atoms with E-state index in [1.54, 1.807) is 0 Å². The predicted molar refractivity (Wildman–Crippen MR) is 83.5 cm³/mol. The van der Waals surface area contributed by atoms with Gasteiger partial charge in [-0.3, -0.25) is 4.90 Å². The van der Waals surface area contributed by atoms with Gasteiger partial charge in [0.15, 0.2) is 0 Å². The first kappa shape index (κ1) is 15.3. The molecule has 0 aromatic heterocycles. The third-order valence-corrected chi connectivity index (χ3v) is 5.62. The Morgan fingerprint density at radius 2 is 1.79 bits per heavy atom. The molecular formula is C17H34N2. The lowest BCUT2D eigenvalue weighted by atomic mass is 9.82. The van der Waals surface area contributed by atoms with Gasteiger partial charge in [0, 0.05) is 31.2 Å². The zero-order chi connectivity index (χ0) is 13.8. The number of nitrogens with zero attached hydrogens (tertiary/aromatic N) is 1. The summed E-state index contributed by atoms with van der Waals surface area (Å²) in [4.78, 5) is 2.84. The van der Waals surface area contributed by atoms with Crippen molar-refractivity contribution in [3.8, 4) is 0 Å². The average Bonchev–Trinajstić information content (AvgIpc) is 2.46. The topological polar surface area (TPSA) is 15.3 Å². The molecule has 2 fully saturated rings. The molecule has 112 valence electrons. The van der Waals surface area contributed by atoms with E-state index >= 15 is 0 Å². The Morgan fingerprint density at radius 1 is 1.11 bits per heavy atom. The van der Waals surface area contributed by atoms with Gasteiger partial charge in [0.1, 0.15) is 0 Å². The minimum atomic E-state index is 0.689. The Balaban J connectivity index is 1.99. The molecule has 0 aromatic rings. The Hall–Kier alpha value is -0.0800. The number of hydrogen-bond acceptors (Lipinski definition) is 2. The molecule has 0 bridgehead atoms. The van der Waals surface area contributed by atoms with Gasteiger partial charge >= 0.3 is 0 Å². The van der Waals surface area contributed by atoms with E-state index < -0.39 is 0 Å². The molecule has 3 unspecified atom stereocenters. The molecule has 1 aliphatic heterocycles. The molecule has 1 aliphatic carbocycles. The van der Waals surface area contributed by atoms with Crippen molar-refractivity contribution in [3.63, 3.8) is 0 Å². The average molecular weight is 266 g/mol. The maximum atomic E-state index is 3.77. The van der Waals surface area contributed by atoms with Crippen LogP contribution < -0.4 is 5.32 Å². The van der Waals surface area contributed by atoms with Crippen LogP contribution in [0.2, 0.25) is 0 Å². The normalized spacial score (nSPS) is 32.7. The summed E-state index contributed by atoms with van der Waals surface area (Å²) in [5.41, 5.74) is 0. The van der Waals surface area contributed by atoms with Crippen LogP contribution in [-0.2, 0) is 0 Å². The molecular weight excluding hydrogens is 232 g/mol. The Labute approximate surface area is 120 Å². The Bertz CT molecular complexity index is 258. The van der Waals surface area contributed by atoms with Crippen molar-refractivity contribution in [2.45, 2.75) is 84.3 Å². The fourth-order valence-corrected chi connectivity index (χ4v) is 4.06. The highest BCUT2D eigenvalue weighted by Gasteiger charge is 2.34. The Kier molecular flexibility index (Phi) is 5.70. The van der Waals surface area contributed by atoms with Gasteiger partial charge in [0.25, 0.3) is 0 Å². The number of piperazine rings is 1.